The van der Waals surface area contributed by atoms with E-state index in [0.29, 0.717) is 25.7 Å². The number of hydrogen-bond acceptors (Lipinski definition) is 7. The largest absolute Gasteiger partial charge is 0.441 e. The highest BCUT2D eigenvalue weighted by atomic mass is 16.6. The Morgan fingerprint density at radius 2 is 2.08 bits per heavy atom. The minimum Gasteiger partial charge on any atom is -0.441 e. The van der Waals surface area contributed by atoms with Crippen LogP contribution in [0.2, 0.25) is 0 Å². The molecule has 2 aliphatic heterocycles. The zero-order valence-electron chi connectivity index (χ0n) is 15.1. The lowest BCUT2D eigenvalue weighted by Crippen LogP contribution is -2.39. The maximum Gasteiger partial charge on any atom is 0.407 e. The van der Waals surface area contributed by atoms with Gasteiger partial charge in [0.25, 0.3) is 0 Å². The maximum absolute atomic E-state index is 11.6. The predicted molar refractivity (Wildman–Crippen MR) is 91.6 cm³/mol. The van der Waals surface area contributed by atoms with Crippen molar-refractivity contribution >= 4 is 12.0 Å². The zero-order valence-corrected chi connectivity index (χ0v) is 15.1. The average molecular weight is 350 g/mol. The van der Waals surface area contributed by atoms with Gasteiger partial charge in [0.1, 0.15) is 12.2 Å². The SMILES string of the molecule is CCNC(=O)OC1COC2C(Nc3nccc(C(C)(C)C)n3)COC12. The molecule has 0 spiro atoms. The van der Waals surface area contributed by atoms with E-state index in [-0.39, 0.29) is 23.7 Å². The number of nitrogens with one attached hydrogen (secondary N) is 2. The van der Waals surface area contributed by atoms with Crippen molar-refractivity contribution in [1.29, 1.82) is 0 Å². The van der Waals surface area contributed by atoms with Gasteiger partial charge in [-0.2, -0.15) is 0 Å². The number of alkyl carbamates (subject to hydrolysis) is 1. The third kappa shape index (κ3) is 4.01. The fraction of sp³-hybridized carbons (Fsp3) is 0.706. The molecule has 0 aliphatic carbocycles. The van der Waals surface area contributed by atoms with Crippen LogP contribution in [-0.2, 0) is 19.6 Å². The molecule has 4 atom stereocenters. The van der Waals surface area contributed by atoms with Gasteiger partial charge >= 0.3 is 6.09 Å². The number of rotatable bonds is 4. The first-order chi connectivity index (χ1) is 11.9. The van der Waals surface area contributed by atoms with E-state index >= 15 is 0 Å². The lowest BCUT2D eigenvalue weighted by Gasteiger charge is -2.20. The molecule has 2 saturated heterocycles. The zero-order chi connectivity index (χ0) is 18.0. The van der Waals surface area contributed by atoms with Crippen LogP contribution in [0, 0.1) is 0 Å². The van der Waals surface area contributed by atoms with E-state index < -0.39 is 12.2 Å². The molecule has 1 aromatic heterocycles. The van der Waals surface area contributed by atoms with Gasteiger partial charge in [-0.25, -0.2) is 14.8 Å². The predicted octanol–water partition coefficient (Wildman–Crippen LogP) is 1.47. The molecular formula is C17H26N4O4. The smallest absolute Gasteiger partial charge is 0.407 e. The summed E-state index contributed by atoms with van der Waals surface area (Å²) in [5, 5.41) is 5.91. The minimum atomic E-state index is -0.446. The van der Waals surface area contributed by atoms with Gasteiger partial charge in [-0.1, -0.05) is 20.8 Å². The van der Waals surface area contributed by atoms with E-state index in [0.717, 1.165) is 5.69 Å². The van der Waals surface area contributed by atoms with E-state index in [1.54, 1.807) is 6.20 Å². The van der Waals surface area contributed by atoms with Crippen LogP contribution >= 0.6 is 0 Å². The van der Waals surface area contributed by atoms with Crippen LogP contribution in [0.5, 0.6) is 0 Å². The van der Waals surface area contributed by atoms with Crippen molar-refractivity contribution in [2.24, 2.45) is 0 Å². The second-order valence-electron chi connectivity index (χ2n) is 7.34. The summed E-state index contributed by atoms with van der Waals surface area (Å²) < 4.78 is 17.0. The molecule has 2 N–H and O–H groups in total. The lowest BCUT2D eigenvalue weighted by atomic mass is 9.92. The number of hydrogen-bond donors (Lipinski definition) is 2. The van der Waals surface area contributed by atoms with Crippen molar-refractivity contribution in [3.8, 4) is 0 Å². The second-order valence-corrected chi connectivity index (χ2v) is 7.34. The topological polar surface area (TPSA) is 94.6 Å². The number of amides is 1. The van der Waals surface area contributed by atoms with E-state index in [9.17, 15) is 4.79 Å². The number of fused-ring (bicyclic) bond motifs is 1. The molecule has 0 saturated carbocycles. The monoisotopic (exact) mass is 350 g/mol. The summed E-state index contributed by atoms with van der Waals surface area (Å²) in [6.45, 7) is 9.47. The Balaban J connectivity index is 1.62. The number of nitrogens with zero attached hydrogens (tertiary/aromatic N) is 2. The molecular weight excluding hydrogens is 324 g/mol. The van der Waals surface area contributed by atoms with Gasteiger partial charge in [0.05, 0.1) is 24.9 Å². The Morgan fingerprint density at radius 3 is 2.80 bits per heavy atom. The number of anilines is 1. The highest BCUT2D eigenvalue weighted by Crippen LogP contribution is 2.30. The standard InChI is InChI=1S/C17H26N4O4/c1-5-18-16(22)25-11-9-24-13-10(8-23-14(11)13)20-15-19-7-6-12(21-15)17(2,3)4/h6-7,10-11,13-14H,5,8-9H2,1-4H3,(H,18,22)(H,19,20,21). The normalized spacial score (nSPS) is 28.5. The number of carbonyl (C=O) groups excluding carboxylic acids is 1. The highest BCUT2D eigenvalue weighted by molar-refractivity contribution is 5.67. The summed E-state index contributed by atoms with van der Waals surface area (Å²) >= 11 is 0. The fourth-order valence-corrected chi connectivity index (χ4v) is 3.02. The minimum absolute atomic E-state index is 0.0521. The van der Waals surface area contributed by atoms with Crippen LogP contribution in [0.25, 0.3) is 0 Å². The van der Waals surface area contributed by atoms with Crippen LogP contribution in [0.1, 0.15) is 33.4 Å². The summed E-state index contributed by atoms with van der Waals surface area (Å²) in [4.78, 5) is 20.5. The molecule has 4 unspecified atom stereocenters. The summed E-state index contributed by atoms with van der Waals surface area (Å²) in [5.41, 5.74) is 0.911. The molecule has 0 bridgehead atoms. The van der Waals surface area contributed by atoms with E-state index in [1.165, 1.54) is 0 Å². The Labute approximate surface area is 147 Å². The number of aromatic nitrogens is 2. The van der Waals surface area contributed by atoms with Gasteiger partial charge in [-0.05, 0) is 13.0 Å². The Kier molecular flexibility index (Phi) is 5.10. The molecule has 2 aliphatic rings. The first-order valence-corrected chi connectivity index (χ1v) is 8.66. The molecule has 25 heavy (non-hydrogen) atoms. The van der Waals surface area contributed by atoms with Crippen LogP contribution in [0.4, 0.5) is 10.7 Å². The van der Waals surface area contributed by atoms with Crippen molar-refractivity contribution in [2.75, 3.05) is 25.1 Å². The Morgan fingerprint density at radius 1 is 1.32 bits per heavy atom. The van der Waals surface area contributed by atoms with E-state index in [2.05, 4.69) is 41.4 Å². The molecule has 8 nitrogen and oxygen atoms in total. The molecule has 8 heteroatoms. The van der Waals surface area contributed by atoms with Gasteiger partial charge in [-0.3, -0.25) is 0 Å². The summed E-state index contributed by atoms with van der Waals surface area (Å²) in [6.07, 6.45) is 0.440. The quantitative estimate of drug-likeness (QED) is 0.849. The molecule has 1 aromatic rings. The van der Waals surface area contributed by atoms with Crippen molar-refractivity contribution in [2.45, 2.75) is 57.5 Å². The van der Waals surface area contributed by atoms with Crippen molar-refractivity contribution < 1.29 is 19.0 Å². The highest BCUT2D eigenvalue weighted by Gasteiger charge is 2.49. The van der Waals surface area contributed by atoms with Crippen LogP contribution < -0.4 is 10.6 Å². The first kappa shape index (κ1) is 17.9. The Hall–Kier alpha value is -1.93. The van der Waals surface area contributed by atoms with Gasteiger partial charge in [-0.15, -0.1) is 0 Å². The van der Waals surface area contributed by atoms with Crippen molar-refractivity contribution in [3.05, 3.63) is 18.0 Å². The van der Waals surface area contributed by atoms with Crippen molar-refractivity contribution in [1.82, 2.24) is 15.3 Å². The summed E-state index contributed by atoms with van der Waals surface area (Å²) in [6, 6.07) is 1.84. The van der Waals surface area contributed by atoms with Crippen LogP contribution in [-0.4, -0.2) is 60.2 Å². The molecule has 1 amide bonds. The average Bonchev–Trinajstić information content (AvgIpc) is 3.11. The third-order valence-electron chi connectivity index (χ3n) is 4.33. The van der Waals surface area contributed by atoms with Gasteiger partial charge in [0.2, 0.25) is 5.95 Å². The molecule has 3 rings (SSSR count). The lowest BCUT2D eigenvalue weighted by molar-refractivity contribution is 0.00462. The summed E-state index contributed by atoms with van der Waals surface area (Å²) in [7, 11) is 0. The molecule has 0 aromatic carbocycles. The van der Waals surface area contributed by atoms with Gasteiger partial charge in [0.15, 0.2) is 6.10 Å². The first-order valence-electron chi connectivity index (χ1n) is 8.66. The third-order valence-corrected chi connectivity index (χ3v) is 4.33. The molecule has 138 valence electrons. The molecule has 3 heterocycles. The number of ether oxygens (including phenoxy) is 3. The maximum atomic E-state index is 11.6. The van der Waals surface area contributed by atoms with Crippen molar-refractivity contribution in [3.63, 3.8) is 0 Å². The van der Waals surface area contributed by atoms with Gasteiger partial charge < -0.3 is 24.8 Å². The van der Waals surface area contributed by atoms with E-state index in [4.69, 9.17) is 14.2 Å². The van der Waals surface area contributed by atoms with Crippen LogP contribution in [0.3, 0.4) is 0 Å². The van der Waals surface area contributed by atoms with E-state index in [1.807, 2.05) is 13.0 Å². The molecule has 0 radical (unpaired) electrons. The Bertz CT molecular complexity index is 619. The van der Waals surface area contributed by atoms with Crippen LogP contribution in [0.15, 0.2) is 12.3 Å². The second kappa shape index (κ2) is 7.13. The number of carbonyl (C=O) groups is 1. The van der Waals surface area contributed by atoms with Gasteiger partial charge in [0, 0.05) is 18.2 Å². The fourth-order valence-electron chi connectivity index (χ4n) is 3.02. The molecule has 2 fully saturated rings. The summed E-state index contributed by atoms with van der Waals surface area (Å²) in [5.74, 6) is 0.554.